The first kappa shape index (κ1) is 6.33. The van der Waals surface area contributed by atoms with Gasteiger partial charge in [0, 0.05) is 13.2 Å². The molecule has 0 saturated carbocycles. The molecule has 0 fully saturated rings. The van der Waals surface area contributed by atoms with E-state index in [2.05, 4.69) is 12.0 Å². The van der Waals surface area contributed by atoms with Crippen LogP contribution in [-0.2, 0) is 13.5 Å². The monoisotopic (exact) mass is 123 g/mol. The van der Waals surface area contributed by atoms with E-state index in [4.69, 9.17) is 0 Å². The highest BCUT2D eigenvalue weighted by atomic mass is 15.2. The molecule has 0 aliphatic rings. The average Bonchev–Trinajstić information content (AvgIpc) is 2.17. The van der Waals surface area contributed by atoms with Gasteiger partial charge in [-0.2, -0.15) is 5.10 Å². The molecule has 0 atom stereocenters. The fourth-order valence-corrected chi connectivity index (χ4v) is 0.805. The van der Waals surface area contributed by atoms with Gasteiger partial charge >= 0.3 is 0 Å². The Morgan fingerprint density at radius 3 is 3.00 bits per heavy atom. The van der Waals surface area contributed by atoms with Crippen LogP contribution in [0.15, 0.2) is 12.4 Å². The van der Waals surface area contributed by atoms with Gasteiger partial charge in [-0.15, -0.1) is 0 Å². The number of hydrogen-bond acceptors (Lipinski definition) is 1. The van der Waals surface area contributed by atoms with Crippen molar-refractivity contribution in [3.63, 3.8) is 0 Å². The van der Waals surface area contributed by atoms with Crippen molar-refractivity contribution >= 4 is 0 Å². The lowest BCUT2D eigenvalue weighted by atomic mass is 10.2. The summed E-state index contributed by atoms with van der Waals surface area (Å²) in [7, 11) is 1.92. The number of hydrogen-bond donors (Lipinski definition) is 0. The van der Waals surface area contributed by atoms with Gasteiger partial charge in [0.15, 0.2) is 0 Å². The minimum atomic E-state index is 0.950. The lowest BCUT2D eigenvalue weighted by molar-refractivity contribution is 0.766. The van der Waals surface area contributed by atoms with Crippen molar-refractivity contribution in [1.29, 1.82) is 0 Å². The molecule has 0 amide bonds. The predicted octanol–water partition coefficient (Wildman–Crippen LogP) is 1.19. The predicted molar refractivity (Wildman–Crippen MR) is 36.9 cm³/mol. The summed E-state index contributed by atoms with van der Waals surface area (Å²) in [6, 6.07) is 0. The van der Waals surface area contributed by atoms with Gasteiger partial charge in [0.25, 0.3) is 0 Å². The normalized spacial score (nSPS) is 10.0. The van der Waals surface area contributed by atoms with Gasteiger partial charge in [-0.05, 0) is 18.4 Å². The van der Waals surface area contributed by atoms with E-state index in [0.29, 0.717) is 0 Å². The van der Waals surface area contributed by atoms with Crippen LogP contribution in [0, 0.1) is 6.92 Å². The van der Waals surface area contributed by atoms with E-state index in [1.807, 2.05) is 24.1 Å². The first-order valence-corrected chi connectivity index (χ1v) is 3.09. The van der Waals surface area contributed by atoms with Crippen LogP contribution in [-0.4, -0.2) is 9.78 Å². The standard InChI is InChI=1S/C7H11N2/c1-3-4-7-5-8-9(2)6-7/h5-6H,1,3-4H2,2H3. The second kappa shape index (κ2) is 2.67. The van der Waals surface area contributed by atoms with E-state index in [9.17, 15) is 0 Å². The zero-order chi connectivity index (χ0) is 6.69. The molecule has 1 aromatic heterocycles. The van der Waals surface area contributed by atoms with E-state index in [0.717, 1.165) is 12.8 Å². The van der Waals surface area contributed by atoms with Crippen molar-refractivity contribution in [2.24, 2.45) is 7.05 Å². The highest BCUT2D eigenvalue weighted by Gasteiger charge is 1.91. The fourth-order valence-electron chi connectivity index (χ4n) is 0.805. The summed E-state index contributed by atoms with van der Waals surface area (Å²) in [6.45, 7) is 3.75. The summed E-state index contributed by atoms with van der Waals surface area (Å²) in [4.78, 5) is 0. The summed E-state index contributed by atoms with van der Waals surface area (Å²) < 4.78 is 1.81. The molecule has 2 heteroatoms. The molecule has 0 N–H and O–H groups in total. The maximum absolute atomic E-state index is 4.02. The Labute approximate surface area is 55.5 Å². The molecule has 2 nitrogen and oxygen atoms in total. The van der Waals surface area contributed by atoms with Crippen molar-refractivity contribution in [2.45, 2.75) is 12.8 Å². The van der Waals surface area contributed by atoms with Crippen LogP contribution >= 0.6 is 0 Å². The van der Waals surface area contributed by atoms with Crippen LogP contribution in [0.25, 0.3) is 0 Å². The lowest BCUT2D eigenvalue weighted by Crippen LogP contribution is -1.84. The molecule has 1 radical (unpaired) electrons. The van der Waals surface area contributed by atoms with Gasteiger partial charge in [0.1, 0.15) is 0 Å². The summed E-state index contributed by atoms with van der Waals surface area (Å²) in [6.07, 6.45) is 5.88. The van der Waals surface area contributed by atoms with Crippen molar-refractivity contribution in [3.8, 4) is 0 Å². The maximum Gasteiger partial charge on any atom is 0.0521 e. The Bertz CT molecular complexity index is 179. The Morgan fingerprint density at radius 2 is 2.56 bits per heavy atom. The largest absolute Gasteiger partial charge is 0.276 e. The highest BCUT2D eigenvalue weighted by molar-refractivity contribution is 5.03. The second-order valence-corrected chi connectivity index (χ2v) is 2.13. The topological polar surface area (TPSA) is 17.8 Å². The summed E-state index contributed by atoms with van der Waals surface area (Å²) in [5.41, 5.74) is 1.27. The van der Waals surface area contributed by atoms with Gasteiger partial charge in [-0.25, -0.2) is 0 Å². The van der Waals surface area contributed by atoms with Crippen LogP contribution in [0.1, 0.15) is 12.0 Å². The molecule has 1 heterocycles. The molecule has 0 bridgehead atoms. The van der Waals surface area contributed by atoms with Crippen molar-refractivity contribution in [3.05, 3.63) is 24.9 Å². The number of aryl methyl sites for hydroxylation is 2. The van der Waals surface area contributed by atoms with E-state index < -0.39 is 0 Å². The molecule has 0 unspecified atom stereocenters. The third-order valence-corrected chi connectivity index (χ3v) is 1.22. The maximum atomic E-state index is 4.02. The summed E-state index contributed by atoms with van der Waals surface area (Å²) in [5.74, 6) is 0. The zero-order valence-electron chi connectivity index (χ0n) is 5.67. The lowest BCUT2D eigenvalue weighted by Gasteiger charge is -1.86. The molecular weight excluding hydrogens is 112 g/mol. The Kier molecular flexibility index (Phi) is 1.88. The van der Waals surface area contributed by atoms with Gasteiger partial charge in [-0.1, -0.05) is 6.92 Å². The molecule has 0 saturated heterocycles. The number of rotatable bonds is 2. The van der Waals surface area contributed by atoms with Gasteiger partial charge < -0.3 is 0 Å². The third kappa shape index (κ3) is 1.56. The summed E-state index contributed by atoms with van der Waals surface area (Å²) in [5, 5.41) is 4.02. The molecule has 1 aromatic rings. The van der Waals surface area contributed by atoms with Gasteiger partial charge in [0.05, 0.1) is 6.20 Å². The molecule has 0 aliphatic carbocycles. The molecule has 1 rings (SSSR count). The van der Waals surface area contributed by atoms with E-state index in [-0.39, 0.29) is 0 Å². The highest BCUT2D eigenvalue weighted by Crippen LogP contribution is 1.98. The summed E-state index contributed by atoms with van der Waals surface area (Å²) >= 11 is 0. The van der Waals surface area contributed by atoms with Crippen LogP contribution in [0.3, 0.4) is 0 Å². The first-order valence-electron chi connectivity index (χ1n) is 3.09. The van der Waals surface area contributed by atoms with E-state index in [1.54, 1.807) is 0 Å². The van der Waals surface area contributed by atoms with Crippen molar-refractivity contribution in [2.75, 3.05) is 0 Å². The van der Waals surface area contributed by atoms with Crippen molar-refractivity contribution in [1.82, 2.24) is 9.78 Å². The van der Waals surface area contributed by atoms with Crippen LogP contribution in [0.2, 0.25) is 0 Å². The Balaban J connectivity index is 2.61. The van der Waals surface area contributed by atoms with Gasteiger partial charge in [0.2, 0.25) is 0 Å². The van der Waals surface area contributed by atoms with E-state index in [1.165, 1.54) is 5.56 Å². The minimum Gasteiger partial charge on any atom is -0.276 e. The molecule has 0 spiro atoms. The zero-order valence-corrected chi connectivity index (χ0v) is 5.67. The first-order chi connectivity index (χ1) is 4.33. The SMILES string of the molecule is [CH2]CCc1cnn(C)c1. The molecule has 0 aliphatic heterocycles. The Hall–Kier alpha value is -0.790. The van der Waals surface area contributed by atoms with Crippen LogP contribution < -0.4 is 0 Å². The number of nitrogens with zero attached hydrogens (tertiary/aromatic N) is 2. The number of aromatic nitrogens is 2. The smallest absolute Gasteiger partial charge is 0.0521 e. The molecule has 49 valence electrons. The minimum absolute atomic E-state index is 0.950. The molecular formula is C7H11N2. The van der Waals surface area contributed by atoms with Gasteiger partial charge in [-0.3, -0.25) is 4.68 Å². The fraction of sp³-hybridized carbons (Fsp3) is 0.429. The van der Waals surface area contributed by atoms with E-state index >= 15 is 0 Å². The average molecular weight is 123 g/mol. The third-order valence-electron chi connectivity index (χ3n) is 1.22. The molecule has 9 heavy (non-hydrogen) atoms. The second-order valence-electron chi connectivity index (χ2n) is 2.13. The van der Waals surface area contributed by atoms with Crippen molar-refractivity contribution < 1.29 is 0 Å². The quantitative estimate of drug-likeness (QED) is 0.577. The van der Waals surface area contributed by atoms with Crippen LogP contribution in [0.5, 0.6) is 0 Å². The van der Waals surface area contributed by atoms with Crippen LogP contribution in [0.4, 0.5) is 0 Å². The Morgan fingerprint density at radius 1 is 1.78 bits per heavy atom. The molecule has 0 aromatic carbocycles.